The summed E-state index contributed by atoms with van der Waals surface area (Å²) in [5, 5.41) is 0.563. The summed E-state index contributed by atoms with van der Waals surface area (Å²) in [6.07, 6.45) is 0.650. The maximum absolute atomic E-state index is 12.8. The number of esters is 1. The van der Waals surface area contributed by atoms with Crippen LogP contribution >= 0.6 is 11.3 Å². The highest BCUT2D eigenvalue weighted by Gasteiger charge is 2.32. The largest absolute Gasteiger partial charge is 0.465 e. The van der Waals surface area contributed by atoms with Crippen LogP contribution < -0.4 is 4.90 Å². The van der Waals surface area contributed by atoms with Gasteiger partial charge in [-0.25, -0.2) is 14.6 Å². The number of urea groups is 1. The summed E-state index contributed by atoms with van der Waals surface area (Å²) >= 11 is 1.27. The first-order chi connectivity index (χ1) is 12.9. The fourth-order valence-corrected chi connectivity index (χ4v) is 4.08. The van der Waals surface area contributed by atoms with Crippen LogP contribution in [0.25, 0.3) is 0 Å². The molecule has 2 amide bonds. The van der Waals surface area contributed by atoms with Crippen LogP contribution in [0.3, 0.4) is 0 Å². The van der Waals surface area contributed by atoms with Crippen LogP contribution in [0.2, 0.25) is 0 Å². The predicted molar refractivity (Wildman–Crippen MR) is 102 cm³/mol. The quantitative estimate of drug-likeness (QED) is 0.562. The molecule has 2 heterocycles. The normalized spacial score (nSPS) is 14.0. The van der Waals surface area contributed by atoms with Gasteiger partial charge in [-0.15, -0.1) is 0 Å². The van der Waals surface area contributed by atoms with Crippen molar-refractivity contribution in [2.24, 2.45) is 0 Å². The van der Waals surface area contributed by atoms with Gasteiger partial charge in [-0.1, -0.05) is 30.4 Å². The summed E-state index contributed by atoms with van der Waals surface area (Å²) < 4.78 is 4.74. The van der Waals surface area contributed by atoms with Crippen molar-refractivity contribution in [3.8, 4) is 0 Å². The van der Waals surface area contributed by atoms with E-state index in [1.165, 1.54) is 25.4 Å². The lowest BCUT2D eigenvalue weighted by Gasteiger charge is -2.17. The van der Waals surface area contributed by atoms with Gasteiger partial charge in [-0.05, 0) is 24.1 Å². The molecule has 8 heteroatoms. The van der Waals surface area contributed by atoms with Gasteiger partial charge in [0.25, 0.3) is 0 Å². The molecule has 0 unspecified atom stereocenters. The number of Topliss-reactive ketones (excluding diaryl/α,β-unsaturated/α-hetero) is 1. The molecule has 0 spiro atoms. The Morgan fingerprint density at radius 1 is 1.30 bits per heavy atom. The van der Waals surface area contributed by atoms with Crippen LogP contribution in [0.15, 0.2) is 24.3 Å². The second kappa shape index (κ2) is 7.87. The number of nitrogens with zero attached hydrogens (tertiary/aromatic N) is 3. The van der Waals surface area contributed by atoms with E-state index in [0.717, 1.165) is 11.3 Å². The van der Waals surface area contributed by atoms with E-state index in [1.54, 1.807) is 28.0 Å². The molecule has 142 valence electrons. The number of hydrogen-bond acceptors (Lipinski definition) is 6. The second-order valence-electron chi connectivity index (χ2n) is 6.23. The number of aromatic nitrogens is 1. The molecular formula is C19H21N3O4S. The third kappa shape index (κ3) is 3.85. The Bertz CT molecular complexity index is 893. The van der Waals surface area contributed by atoms with Gasteiger partial charge in [-0.3, -0.25) is 9.69 Å². The lowest BCUT2D eigenvalue weighted by atomic mass is 10.1. The highest BCUT2D eigenvalue weighted by Crippen LogP contribution is 2.30. The van der Waals surface area contributed by atoms with Gasteiger partial charge in [0.1, 0.15) is 0 Å². The summed E-state index contributed by atoms with van der Waals surface area (Å²) in [7, 11) is 1.34. The van der Waals surface area contributed by atoms with Gasteiger partial charge in [0.2, 0.25) is 0 Å². The minimum Gasteiger partial charge on any atom is -0.465 e. The molecule has 1 aromatic carbocycles. The highest BCUT2D eigenvalue weighted by molar-refractivity contribution is 7.17. The molecular weight excluding hydrogens is 366 g/mol. The minimum atomic E-state index is -0.405. The van der Waals surface area contributed by atoms with E-state index in [4.69, 9.17) is 4.74 Å². The fourth-order valence-electron chi connectivity index (χ4n) is 3.01. The molecule has 1 fully saturated rings. The van der Waals surface area contributed by atoms with Gasteiger partial charge < -0.3 is 9.64 Å². The smallest absolute Gasteiger partial charge is 0.337 e. The molecule has 0 saturated carbocycles. The summed E-state index contributed by atoms with van der Waals surface area (Å²) in [5.74, 6) is -0.434. The first kappa shape index (κ1) is 19.0. The van der Waals surface area contributed by atoms with E-state index in [1.807, 2.05) is 13.0 Å². The molecule has 7 nitrogen and oxygen atoms in total. The fraction of sp³-hybridized carbons (Fsp3) is 0.368. The molecule has 1 aliphatic heterocycles. The van der Waals surface area contributed by atoms with E-state index in [0.29, 0.717) is 41.6 Å². The number of carbonyl (C=O) groups excluding carboxylic acids is 3. The first-order valence-corrected chi connectivity index (χ1v) is 9.50. The number of rotatable bonds is 6. The molecule has 27 heavy (non-hydrogen) atoms. The third-order valence-electron chi connectivity index (χ3n) is 4.39. The lowest BCUT2D eigenvalue weighted by molar-refractivity contribution is 0.0600. The third-order valence-corrected chi connectivity index (χ3v) is 5.61. The van der Waals surface area contributed by atoms with Gasteiger partial charge in [-0.2, -0.15) is 0 Å². The monoisotopic (exact) mass is 387 g/mol. The molecule has 0 aliphatic carbocycles. The molecule has 0 radical (unpaired) electrons. The Morgan fingerprint density at radius 3 is 2.70 bits per heavy atom. The summed E-state index contributed by atoms with van der Waals surface area (Å²) in [4.78, 5) is 44.7. The summed E-state index contributed by atoms with van der Waals surface area (Å²) in [5.41, 5.74) is 2.04. The zero-order valence-corrected chi connectivity index (χ0v) is 16.3. The van der Waals surface area contributed by atoms with Crippen LogP contribution in [0.1, 0.15) is 45.1 Å². The maximum atomic E-state index is 12.8. The van der Waals surface area contributed by atoms with Crippen molar-refractivity contribution < 1.29 is 19.1 Å². The maximum Gasteiger partial charge on any atom is 0.337 e. The van der Waals surface area contributed by atoms with Crippen LogP contribution in [-0.4, -0.2) is 47.9 Å². The summed E-state index contributed by atoms with van der Waals surface area (Å²) in [6, 6.07) is 6.90. The zero-order valence-electron chi connectivity index (χ0n) is 15.5. The number of thiazole rings is 1. The van der Waals surface area contributed by atoms with Gasteiger partial charge in [0.15, 0.2) is 10.9 Å². The molecule has 1 saturated heterocycles. The number of carbonyl (C=O) groups is 3. The van der Waals surface area contributed by atoms with Crippen molar-refractivity contribution in [1.82, 2.24) is 9.88 Å². The highest BCUT2D eigenvalue weighted by atomic mass is 32.1. The molecule has 1 aromatic heterocycles. The number of anilines is 1. The molecule has 1 aliphatic rings. The number of methoxy groups -OCH3 is 1. The Kier molecular flexibility index (Phi) is 5.55. The Balaban J connectivity index is 1.76. The topological polar surface area (TPSA) is 79.8 Å². The molecule has 0 atom stereocenters. The van der Waals surface area contributed by atoms with Gasteiger partial charge in [0.05, 0.1) is 23.2 Å². The average Bonchev–Trinajstić information content (AvgIpc) is 3.25. The van der Waals surface area contributed by atoms with E-state index in [-0.39, 0.29) is 11.8 Å². The number of ketones is 1. The van der Waals surface area contributed by atoms with Crippen molar-refractivity contribution in [2.45, 2.75) is 26.8 Å². The van der Waals surface area contributed by atoms with Crippen LogP contribution in [0.4, 0.5) is 9.93 Å². The van der Waals surface area contributed by atoms with E-state index >= 15 is 0 Å². The van der Waals surface area contributed by atoms with Crippen molar-refractivity contribution in [2.75, 3.05) is 25.1 Å². The van der Waals surface area contributed by atoms with Crippen molar-refractivity contribution in [3.05, 3.63) is 46.0 Å². The van der Waals surface area contributed by atoms with Crippen LogP contribution in [0, 0.1) is 0 Å². The number of ether oxygens (including phenoxy) is 1. The second-order valence-corrected chi connectivity index (χ2v) is 7.21. The summed E-state index contributed by atoms with van der Waals surface area (Å²) in [6.45, 7) is 4.92. The molecule has 0 bridgehead atoms. The van der Waals surface area contributed by atoms with E-state index in [9.17, 15) is 14.4 Å². The Morgan fingerprint density at radius 2 is 2.07 bits per heavy atom. The van der Waals surface area contributed by atoms with Gasteiger partial charge >= 0.3 is 12.0 Å². The number of hydrogen-bond donors (Lipinski definition) is 0. The van der Waals surface area contributed by atoms with Crippen molar-refractivity contribution >= 4 is 34.3 Å². The predicted octanol–water partition coefficient (Wildman–Crippen LogP) is 3.14. The minimum absolute atomic E-state index is 0.0290. The SMILES string of the molecule is CCc1nc(N2CCN(Cc3cccc(C(=O)OC)c3)C2=O)sc1C(C)=O. The molecule has 0 N–H and O–H groups in total. The van der Waals surface area contributed by atoms with Crippen LogP contribution in [-0.2, 0) is 17.7 Å². The van der Waals surface area contributed by atoms with Gasteiger partial charge in [0, 0.05) is 26.6 Å². The van der Waals surface area contributed by atoms with E-state index < -0.39 is 5.97 Å². The Hall–Kier alpha value is -2.74. The standard InChI is InChI=1S/C19H21N3O4S/c1-4-15-16(12(2)23)27-18(20-15)22-9-8-21(19(22)25)11-13-6-5-7-14(10-13)17(24)26-3/h5-7,10H,4,8-9,11H2,1-3H3. The van der Waals surface area contributed by atoms with Crippen LogP contribution in [0.5, 0.6) is 0 Å². The number of aryl methyl sites for hydroxylation is 1. The number of amides is 2. The average molecular weight is 387 g/mol. The molecule has 3 rings (SSSR count). The Labute approximate surface area is 161 Å². The first-order valence-electron chi connectivity index (χ1n) is 8.69. The van der Waals surface area contributed by atoms with Crippen molar-refractivity contribution in [1.29, 1.82) is 0 Å². The number of benzene rings is 1. The lowest BCUT2D eigenvalue weighted by Crippen LogP contribution is -2.31. The van der Waals surface area contributed by atoms with E-state index in [2.05, 4.69) is 4.98 Å². The van der Waals surface area contributed by atoms with Crippen molar-refractivity contribution in [3.63, 3.8) is 0 Å². The molecule has 2 aromatic rings. The zero-order chi connectivity index (χ0) is 19.6.